The van der Waals surface area contributed by atoms with E-state index in [-0.39, 0.29) is 11.8 Å². The number of amides is 1. The highest BCUT2D eigenvalue weighted by atomic mass is 35.5. The molecule has 1 N–H and O–H groups in total. The number of halogens is 1. The zero-order valence-electron chi connectivity index (χ0n) is 12.2. The quantitative estimate of drug-likeness (QED) is 0.775. The Labute approximate surface area is 138 Å². The molecule has 1 amide bonds. The molecule has 5 heteroatoms. The summed E-state index contributed by atoms with van der Waals surface area (Å²) in [7, 11) is 0. The van der Waals surface area contributed by atoms with Crippen molar-refractivity contribution in [3.63, 3.8) is 0 Å². The molecule has 3 aromatic rings. The minimum atomic E-state index is -0.0325. The summed E-state index contributed by atoms with van der Waals surface area (Å²) in [5, 5.41) is 8.09. The van der Waals surface area contributed by atoms with Crippen molar-refractivity contribution in [2.45, 2.75) is 12.3 Å². The van der Waals surface area contributed by atoms with E-state index in [2.05, 4.69) is 10.4 Å². The van der Waals surface area contributed by atoms with E-state index < -0.39 is 0 Å². The molecule has 1 aliphatic heterocycles. The van der Waals surface area contributed by atoms with Gasteiger partial charge in [0.05, 0.1) is 11.9 Å². The number of hydrogen-bond acceptors (Lipinski definition) is 2. The summed E-state index contributed by atoms with van der Waals surface area (Å²) < 4.78 is 1.77. The molecule has 0 fully saturated rings. The minimum absolute atomic E-state index is 0.0137. The molecule has 0 saturated carbocycles. The van der Waals surface area contributed by atoms with Gasteiger partial charge in [0.1, 0.15) is 5.82 Å². The van der Waals surface area contributed by atoms with Gasteiger partial charge < -0.3 is 5.32 Å². The second-order valence-corrected chi connectivity index (χ2v) is 5.99. The van der Waals surface area contributed by atoms with Gasteiger partial charge in [-0.1, -0.05) is 41.9 Å². The average molecular weight is 324 g/mol. The third kappa shape index (κ3) is 2.51. The third-order valence-electron chi connectivity index (χ3n) is 4.07. The van der Waals surface area contributed by atoms with Crippen LogP contribution in [-0.4, -0.2) is 15.7 Å². The van der Waals surface area contributed by atoms with Crippen LogP contribution in [0.2, 0.25) is 5.02 Å². The second kappa shape index (κ2) is 5.56. The smallest absolute Gasteiger partial charge is 0.226 e. The van der Waals surface area contributed by atoms with Crippen molar-refractivity contribution in [2.75, 3.05) is 5.32 Å². The van der Waals surface area contributed by atoms with E-state index in [9.17, 15) is 4.79 Å². The molecular weight excluding hydrogens is 310 g/mol. The van der Waals surface area contributed by atoms with E-state index in [0.717, 1.165) is 22.6 Å². The van der Waals surface area contributed by atoms with Crippen molar-refractivity contribution in [1.82, 2.24) is 9.78 Å². The highest BCUT2D eigenvalue weighted by Gasteiger charge is 2.30. The fourth-order valence-electron chi connectivity index (χ4n) is 3.01. The van der Waals surface area contributed by atoms with Crippen LogP contribution >= 0.6 is 11.6 Å². The molecule has 23 heavy (non-hydrogen) atoms. The van der Waals surface area contributed by atoms with Gasteiger partial charge in [-0.25, -0.2) is 4.68 Å². The summed E-state index contributed by atoms with van der Waals surface area (Å²) in [6.07, 6.45) is 2.22. The Hall–Kier alpha value is -2.59. The summed E-state index contributed by atoms with van der Waals surface area (Å²) >= 11 is 6.11. The van der Waals surface area contributed by atoms with Crippen LogP contribution in [-0.2, 0) is 4.79 Å². The van der Waals surface area contributed by atoms with Crippen molar-refractivity contribution >= 4 is 23.3 Å². The lowest BCUT2D eigenvalue weighted by Crippen LogP contribution is -2.24. The Bertz CT molecular complexity index is 873. The van der Waals surface area contributed by atoms with Crippen molar-refractivity contribution in [2.24, 2.45) is 0 Å². The van der Waals surface area contributed by atoms with Crippen LogP contribution in [0.3, 0.4) is 0 Å². The van der Waals surface area contributed by atoms with E-state index in [1.807, 2.05) is 60.8 Å². The number of hydrogen-bond donors (Lipinski definition) is 1. The first-order valence-corrected chi connectivity index (χ1v) is 7.79. The van der Waals surface area contributed by atoms with Crippen molar-refractivity contribution in [3.05, 3.63) is 76.9 Å². The van der Waals surface area contributed by atoms with Gasteiger partial charge in [-0.15, -0.1) is 0 Å². The standard InChI is InChI=1S/C18H14ClN3O/c19-13-6-4-5-12(9-13)15-10-17(23)21-18-16(15)11-20-22(18)14-7-2-1-3-8-14/h1-9,11,15H,10H2,(H,21,23)/t15-/m1/s1. The molecule has 0 spiro atoms. The zero-order valence-corrected chi connectivity index (χ0v) is 13.0. The predicted molar refractivity (Wildman–Crippen MR) is 90.1 cm³/mol. The number of nitrogens with one attached hydrogen (secondary N) is 1. The molecule has 1 atom stereocenters. The number of carbonyl (C=O) groups is 1. The van der Waals surface area contributed by atoms with E-state index in [4.69, 9.17) is 11.6 Å². The monoisotopic (exact) mass is 323 g/mol. The maximum Gasteiger partial charge on any atom is 0.226 e. The van der Waals surface area contributed by atoms with E-state index in [1.54, 1.807) is 4.68 Å². The molecule has 2 aromatic carbocycles. The summed E-state index contributed by atoms with van der Waals surface area (Å²) in [5.74, 6) is 0.687. The average Bonchev–Trinajstić information content (AvgIpc) is 2.98. The summed E-state index contributed by atoms with van der Waals surface area (Å²) in [4.78, 5) is 12.2. The number of fused-ring (bicyclic) bond motifs is 1. The normalized spacial score (nSPS) is 16.7. The lowest BCUT2D eigenvalue weighted by Gasteiger charge is -2.24. The highest BCUT2D eigenvalue weighted by molar-refractivity contribution is 6.30. The molecule has 4 nitrogen and oxygen atoms in total. The minimum Gasteiger partial charge on any atom is -0.310 e. The zero-order chi connectivity index (χ0) is 15.8. The third-order valence-corrected chi connectivity index (χ3v) is 4.31. The largest absolute Gasteiger partial charge is 0.310 e. The number of nitrogens with zero attached hydrogens (tertiary/aromatic N) is 2. The Balaban J connectivity index is 1.83. The maximum atomic E-state index is 12.2. The number of anilines is 1. The summed E-state index contributed by atoms with van der Waals surface area (Å²) in [6.45, 7) is 0. The maximum absolute atomic E-state index is 12.2. The molecule has 1 aromatic heterocycles. The van der Waals surface area contributed by atoms with Gasteiger partial charge in [0.2, 0.25) is 5.91 Å². The Kier molecular flexibility index (Phi) is 3.39. The Morgan fingerprint density at radius 3 is 2.74 bits per heavy atom. The highest BCUT2D eigenvalue weighted by Crippen LogP contribution is 2.38. The fraction of sp³-hybridized carbons (Fsp3) is 0.111. The van der Waals surface area contributed by atoms with Gasteiger partial charge in [0.15, 0.2) is 0 Å². The van der Waals surface area contributed by atoms with Gasteiger partial charge in [0, 0.05) is 22.9 Å². The van der Waals surface area contributed by atoms with Gasteiger partial charge in [0.25, 0.3) is 0 Å². The van der Waals surface area contributed by atoms with Gasteiger partial charge in [-0.3, -0.25) is 4.79 Å². The fourth-order valence-corrected chi connectivity index (χ4v) is 3.20. The first kappa shape index (κ1) is 14.0. The van der Waals surface area contributed by atoms with Gasteiger partial charge >= 0.3 is 0 Å². The molecular formula is C18H14ClN3O. The molecule has 2 heterocycles. The topological polar surface area (TPSA) is 46.9 Å². The number of rotatable bonds is 2. The van der Waals surface area contributed by atoms with Crippen LogP contribution in [0.4, 0.5) is 5.82 Å². The lowest BCUT2D eigenvalue weighted by atomic mass is 9.87. The van der Waals surface area contributed by atoms with E-state index in [1.165, 1.54) is 0 Å². The molecule has 1 aliphatic rings. The number of para-hydroxylation sites is 1. The molecule has 0 bridgehead atoms. The van der Waals surface area contributed by atoms with Crippen LogP contribution in [0.1, 0.15) is 23.5 Å². The summed E-state index contributed by atoms with van der Waals surface area (Å²) in [5.41, 5.74) is 2.96. The summed E-state index contributed by atoms with van der Waals surface area (Å²) in [6, 6.07) is 17.4. The Morgan fingerprint density at radius 1 is 1.13 bits per heavy atom. The number of aromatic nitrogens is 2. The molecule has 4 rings (SSSR count). The van der Waals surface area contributed by atoms with Crippen molar-refractivity contribution in [1.29, 1.82) is 0 Å². The van der Waals surface area contributed by atoms with Crippen molar-refractivity contribution in [3.8, 4) is 5.69 Å². The van der Waals surface area contributed by atoms with E-state index >= 15 is 0 Å². The van der Waals surface area contributed by atoms with Gasteiger partial charge in [-0.2, -0.15) is 5.10 Å². The Morgan fingerprint density at radius 2 is 1.96 bits per heavy atom. The number of benzene rings is 2. The molecule has 0 aliphatic carbocycles. The van der Waals surface area contributed by atoms with Crippen LogP contribution in [0.15, 0.2) is 60.8 Å². The lowest BCUT2D eigenvalue weighted by molar-refractivity contribution is -0.116. The molecule has 0 radical (unpaired) electrons. The molecule has 0 saturated heterocycles. The first-order valence-electron chi connectivity index (χ1n) is 7.41. The van der Waals surface area contributed by atoms with Gasteiger partial charge in [-0.05, 0) is 29.8 Å². The van der Waals surface area contributed by atoms with E-state index in [0.29, 0.717) is 11.4 Å². The van der Waals surface area contributed by atoms with Crippen LogP contribution in [0.25, 0.3) is 5.69 Å². The predicted octanol–water partition coefficient (Wildman–Crippen LogP) is 4.00. The molecule has 0 unspecified atom stereocenters. The molecule has 114 valence electrons. The van der Waals surface area contributed by atoms with Crippen LogP contribution < -0.4 is 5.32 Å². The van der Waals surface area contributed by atoms with Crippen LogP contribution in [0, 0.1) is 0 Å². The van der Waals surface area contributed by atoms with Crippen LogP contribution in [0.5, 0.6) is 0 Å². The number of carbonyl (C=O) groups excluding carboxylic acids is 1. The SMILES string of the molecule is O=C1C[C@H](c2cccc(Cl)c2)c2cnn(-c3ccccc3)c2N1. The second-order valence-electron chi connectivity index (χ2n) is 5.56. The van der Waals surface area contributed by atoms with Crippen molar-refractivity contribution < 1.29 is 4.79 Å². The first-order chi connectivity index (χ1) is 11.2.